The van der Waals surface area contributed by atoms with Crippen LogP contribution in [-0.4, -0.2) is 47.3 Å². The first-order valence-corrected chi connectivity index (χ1v) is 8.20. The van der Waals surface area contributed by atoms with Crippen molar-refractivity contribution in [3.05, 3.63) is 29.0 Å². The molecule has 1 fully saturated rings. The van der Waals surface area contributed by atoms with Crippen molar-refractivity contribution < 1.29 is 4.74 Å². The summed E-state index contributed by atoms with van der Waals surface area (Å²) >= 11 is 12.2. The molecular formula is C15H19Cl2N3O. The molecule has 3 rings (SSSR count). The number of para-hydroxylation sites is 1. The molecule has 1 aliphatic rings. The molecule has 1 saturated heterocycles. The SMILES string of the molecule is ClCc1nc2c(Cl)cccc2n1CCCN1CCOCC1. The molecule has 1 aliphatic heterocycles. The number of rotatable bonds is 5. The molecule has 2 heterocycles. The van der Waals surface area contributed by atoms with Gasteiger partial charge < -0.3 is 9.30 Å². The Bertz CT molecular complexity index is 608. The van der Waals surface area contributed by atoms with Crippen LogP contribution in [0.4, 0.5) is 0 Å². The van der Waals surface area contributed by atoms with E-state index in [1.54, 1.807) is 0 Å². The Morgan fingerprint density at radius 1 is 1.19 bits per heavy atom. The van der Waals surface area contributed by atoms with E-state index in [0.717, 1.165) is 62.7 Å². The van der Waals surface area contributed by atoms with Crippen molar-refractivity contribution in [2.24, 2.45) is 0 Å². The number of halogens is 2. The maximum absolute atomic E-state index is 6.21. The van der Waals surface area contributed by atoms with E-state index in [4.69, 9.17) is 27.9 Å². The van der Waals surface area contributed by atoms with E-state index in [1.807, 2.05) is 12.1 Å². The number of alkyl halides is 1. The molecule has 6 heteroatoms. The van der Waals surface area contributed by atoms with Gasteiger partial charge in [-0.25, -0.2) is 4.98 Å². The predicted octanol–water partition coefficient (Wildman–Crippen LogP) is 3.15. The summed E-state index contributed by atoms with van der Waals surface area (Å²) in [6.45, 7) is 5.73. The number of hydrogen-bond acceptors (Lipinski definition) is 3. The molecule has 0 saturated carbocycles. The lowest BCUT2D eigenvalue weighted by atomic mass is 10.3. The molecule has 0 N–H and O–H groups in total. The third-order valence-corrected chi connectivity index (χ3v) is 4.43. The van der Waals surface area contributed by atoms with E-state index < -0.39 is 0 Å². The Balaban J connectivity index is 1.72. The summed E-state index contributed by atoms with van der Waals surface area (Å²) in [4.78, 5) is 7.00. The zero-order valence-corrected chi connectivity index (χ0v) is 13.4. The zero-order valence-electron chi connectivity index (χ0n) is 11.9. The van der Waals surface area contributed by atoms with Crippen LogP contribution in [0.3, 0.4) is 0 Å². The van der Waals surface area contributed by atoms with Gasteiger partial charge in [0.1, 0.15) is 11.3 Å². The van der Waals surface area contributed by atoms with Crippen LogP contribution in [0, 0.1) is 0 Å². The molecule has 0 amide bonds. The van der Waals surface area contributed by atoms with Crippen LogP contribution in [0.5, 0.6) is 0 Å². The van der Waals surface area contributed by atoms with E-state index >= 15 is 0 Å². The zero-order chi connectivity index (χ0) is 14.7. The summed E-state index contributed by atoms with van der Waals surface area (Å²) in [7, 11) is 0. The molecule has 0 spiro atoms. The highest BCUT2D eigenvalue weighted by atomic mass is 35.5. The van der Waals surface area contributed by atoms with Crippen LogP contribution in [0.2, 0.25) is 5.02 Å². The van der Waals surface area contributed by atoms with Crippen molar-refractivity contribution in [2.75, 3.05) is 32.8 Å². The summed E-state index contributed by atoms with van der Waals surface area (Å²) in [5, 5.41) is 0.686. The minimum Gasteiger partial charge on any atom is -0.379 e. The van der Waals surface area contributed by atoms with Gasteiger partial charge in [0.05, 0.1) is 29.6 Å². The van der Waals surface area contributed by atoms with E-state index in [-0.39, 0.29) is 0 Å². The van der Waals surface area contributed by atoms with Crippen molar-refractivity contribution >= 4 is 34.2 Å². The average Bonchev–Trinajstić information content (AvgIpc) is 2.88. The lowest BCUT2D eigenvalue weighted by Gasteiger charge is -2.26. The summed E-state index contributed by atoms with van der Waals surface area (Å²) in [6, 6.07) is 5.88. The molecule has 1 aromatic heterocycles. The number of hydrogen-bond donors (Lipinski definition) is 0. The maximum Gasteiger partial charge on any atom is 0.124 e. The standard InChI is InChI=1S/C15H19Cl2N3O/c16-11-14-18-15-12(17)3-1-4-13(15)20(14)6-2-5-19-7-9-21-10-8-19/h1,3-4H,2,5-11H2. The van der Waals surface area contributed by atoms with E-state index in [0.29, 0.717) is 10.9 Å². The molecule has 1 aromatic carbocycles. The van der Waals surface area contributed by atoms with Crippen molar-refractivity contribution in [1.29, 1.82) is 0 Å². The first-order valence-electron chi connectivity index (χ1n) is 7.29. The molecule has 0 unspecified atom stereocenters. The molecule has 4 nitrogen and oxygen atoms in total. The van der Waals surface area contributed by atoms with E-state index in [2.05, 4.69) is 20.5 Å². The minimum atomic E-state index is 0.405. The fourth-order valence-electron chi connectivity index (χ4n) is 2.79. The number of nitrogens with zero attached hydrogens (tertiary/aromatic N) is 3. The normalized spacial score (nSPS) is 16.7. The minimum absolute atomic E-state index is 0.405. The maximum atomic E-state index is 6.21. The number of imidazole rings is 1. The smallest absolute Gasteiger partial charge is 0.124 e. The largest absolute Gasteiger partial charge is 0.379 e. The fraction of sp³-hybridized carbons (Fsp3) is 0.533. The van der Waals surface area contributed by atoms with Gasteiger partial charge in [0.2, 0.25) is 0 Å². The highest BCUT2D eigenvalue weighted by molar-refractivity contribution is 6.35. The van der Waals surface area contributed by atoms with Crippen LogP contribution in [0.1, 0.15) is 12.2 Å². The van der Waals surface area contributed by atoms with Gasteiger partial charge in [0.15, 0.2) is 0 Å². The molecule has 0 radical (unpaired) electrons. The van der Waals surface area contributed by atoms with Crippen LogP contribution in [0.15, 0.2) is 18.2 Å². The van der Waals surface area contributed by atoms with Gasteiger partial charge in [0.25, 0.3) is 0 Å². The molecule has 0 bridgehead atoms. The number of morpholine rings is 1. The Morgan fingerprint density at radius 3 is 2.76 bits per heavy atom. The van der Waals surface area contributed by atoms with Crippen LogP contribution < -0.4 is 0 Å². The van der Waals surface area contributed by atoms with Gasteiger partial charge in [-0.15, -0.1) is 11.6 Å². The van der Waals surface area contributed by atoms with Gasteiger partial charge in [-0.1, -0.05) is 17.7 Å². The van der Waals surface area contributed by atoms with Gasteiger partial charge >= 0.3 is 0 Å². The average molecular weight is 328 g/mol. The third-order valence-electron chi connectivity index (χ3n) is 3.89. The molecule has 0 aliphatic carbocycles. The molecule has 21 heavy (non-hydrogen) atoms. The quantitative estimate of drug-likeness (QED) is 0.790. The van der Waals surface area contributed by atoms with Gasteiger partial charge in [-0.05, 0) is 18.6 Å². The van der Waals surface area contributed by atoms with Crippen molar-refractivity contribution in [1.82, 2.24) is 14.5 Å². The van der Waals surface area contributed by atoms with E-state index in [9.17, 15) is 0 Å². The third kappa shape index (κ3) is 3.34. The summed E-state index contributed by atoms with van der Waals surface area (Å²) in [5.74, 6) is 1.30. The lowest BCUT2D eigenvalue weighted by Crippen LogP contribution is -2.37. The van der Waals surface area contributed by atoms with Crippen LogP contribution >= 0.6 is 23.2 Å². The van der Waals surface area contributed by atoms with Crippen molar-refractivity contribution in [3.8, 4) is 0 Å². The topological polar surface area (TPSA) is 30.3 Å². The first kappa shape index (κ1) is 15.1. The fourth-order valence-corrected chi connectivity index (χ4v) is 3.21. The van der Waals surface area contributed by atoms with Crippen LogP contribution in [0.25, 0.3) is 11.0 Å². The van der Waals surface area contributed by atoms with E-state index in [1.165, 1.54) is 0 Å². The highest BCUT2D eigenvalue weighted by Gasteiger charge is 2.13. The lowest BCUT2D eigenvalue weighted by molar-refractivity contribution is 0.0369. The van der Waals surface area contributed by atoms with Gasteiger partial charge in [-0.3, -0.25) is 4.90 Å². The molecule has 0 atom stereocenters. The number of aromatic nitrogens is 2. The summed E-state index contributed by atoms with van der Waals surface area (Å²) in [6.07, 6.45) is 1.07. The summed E-state index contributed by atoms with van der Waals surface area (Å²) in [5.41, 5.74) is 1.92. The predicted molar refractivity (Wildman–Crippen MR) is 86.2 cm³/mol. The second-order valence-electron chi connectivity index (χ2n) is 5.23. The Kier molecular flexibility index (Phi) is 5.01. The first-order chi connectivity index (χ1) is 10.3. The number of benzene rings is 1. The van der Waals surface area contributed by atoms with Gasteiger partial charge in [-0.2, -0.15) is 0 Å². The number of fused-ring (bicyclic) bond motifs is 1. The summed E-state index contributed by atoms with van der Waals surface area (Å²) < 4.78 is 7.56. The Morgan fingerprint density at radius 2 is 2.00 bits per heavy atom. The monoisotopic (exact) mass is 327 g/mol. The Labute approximate surface area is 134 Å². The molecule has 2 aromatic rings. The number of ether oxygens (including phenoxy) is 1. The molecule has 114 valence electrons. The Hall–Kier alpha value is -0.810. The van der Waals surface area contributed by atoms with Gasteiger partial charge in [0, 0.05) is 26.2 Å². The highest BCUT2D eigenvalue weighted by Crippen LogP contribution is 2.25. The second-order valence-corrected chi connectivity index (χ2v) is 5.90. The van der Waals surface area contributed by atoms with Crippen molar-refractivity contribution in [3.63, 3.8) is 0 Å². The van der Waals surface area contributed by atoms with Crippen molar-refractivity contribution in [2.45, 2.75) is 18.8 Å². The number of aryl methyl sites for hydroxylation is 1. The van der Waals surface area contributed by atoms with Crippen LogP contribution in [-0.2, 0) is 17.2 Å². The molecular weight excluding hydrogens is 309 g/mol. The second kappa shape index (κ2) is 6.97.